The van der Waals surface area contributed by atoms with Crippen LogP contribution in [-0.2, 0) is 11.2 Å². The molecule has 2 rings (SSSR count). The first-order valence-electron chi connectivity index (χ1n) is 6.83. The first kappa shape index (κ1) is 15.6. The second-order valence-electron chi connectivity index (χ2n) is 5.29. The minimum absolute atomic E-state index is 0.192. The molecular weight excluding hydrogens is 275 g/mol. The molecule has 7 nitrogen and oxygen atoms in total. The zero-order valence-electron chi connectivity index (χ0n) is 11.5. The van der Waals surface area contributed by atoms with Crippen LogP contribution in [0.4, 0.5) is 0 Å². The fourth-order valence-electron chi connectivity index (χ4n) is 2.63. The van der Waals surface area contributed by atoms with Crippen molar-refractivity contribution in [1.29, 1.82) is 0 Å². The molecule has 114 valence electrons. The molecule has 1 fully saturated rings. The third-order valence-electron chi connectivity index (χ3n) is 3.74. The molecule has 1 heterocycles. The summed E-state index contributed by atoms with van der Waals surface area (Å²) in [5, 5.41) is 37.2. The van der Waals surface area contributed by atoms with Gasteiger partial charge in [-0.25, -0.2) is 0 Å². The fourth-order valence-corrected chi connectivity index (χ4v) is 2.63. The summed E-state index contributed by atoms with van der Waals surface area (Å²) in [6, 6.07) is 3.42. The fraction of sp³-hybridized carbons (Fsp3) is 0.462. The number of likely N-dealkylation sites (tertiary alicyclic amines) is 1. The molecule has 1 saturated heterocycles. The monoisotopic (exact) mass is 294 g/mol. The van der Waals surface area contributed by atoms with E-state index < -0.39 is 19.1 Å². The summed E-state index contributed by atoms with van der Waals surface area (Å²) in [7, 11) is -1.57. The maximum absolute atomic E-state index is 12.3. The van der Waals surface area contributed by atoms with E-state index in [2.05, 4.69) is 0 Å². The Morgan fingerprint density at radius 2 is 2.10 bits per heavy atom. The van der Waals surface area contributed by atoms with E-state index in [0.717, 1.165) is 0 Å². The van der Waals surface area contributed by atoms with Gasteiger partial charge in [-0.15, -0.1) is 0 Å². The largest absolute Gasteiger partial charge is 0.504 e. The number of rotatable bonds is 4. The zero-order valence-corrected chi connectivity index (χ0v) is 11.5. The maximum atomic E-state index is 12.3. The van der Waals surface area contributed by atoms with Gasteiger partial charge in [0.2, 0.25) is 5.91 Å². The number of nitrogens with two attached hydrogens (primary N) is 1. The molecular formula is C13H19BN2O5. The third kappa shape index (κ3) is 3.47. The van der Waals surface area contributed by atoms with Crippen molar-refractivity contribution >= 4 is 13.0 Å². The molecule has 0 bridgehead atoms. The Morgan fingerprint density at radius 1 is 1.38 bits per heavy atom. The lowest BCUT2D eigenvalue weighted by atomic mass is 9.77. The number of phenolic OH excluding ortho intramolecular Hbond substituents is 2. The average Bonchev–Trinajstić information content (AvgIpc) is 2.91. The van der Waals surface area contributed by atoms with Gasteiger partial charge >= 0.3 is 7.12 Å². The molecule has 1 aliphatic heterocycles. The zero-order chi connectivity index (χ0) is 15.6. The molecule has 1 aliphatic rings. The van der Waals surface area contributed by atoms with Crippen molar-refractivity contribution in [2.45, 2.75) is 31.2 Å². The summed E-state index contributed by atoms with van der Waals surface area (Å²) in [6.45, 7) is 0.454. The van der Waals surface area contributed by atoms with Crippen molar-refractivity contribution in [3.63, 3.8) is 0 Å². The van der Waals surface area contributed by atoms with Crippen molar-refractivity contribution in [3.05, 3.63) is 23.8 Å². The lowest BCUT2D eigenvalue weighted by Gasteiger charge is -2.26. The van der Waals surface area contributed by atoms with Crippen molar-refractivity contribution in [2.75, 3.05) is 6.54 Å². The summed E-state index contributed by atoms with van der Waals surface area (Å²) in [6.07, 6.45) is 1.44. The number of hydrogen-bond acceptors (Lipinski definition) is 6. The Hall–Kier alpha value is -1.77. The van der Waals surface area contributed by atoms with Crippen molar-refractivity contribution in [1.82, 2.24) is 4.90 Å². The molecule has 1 aromatic rings. The van der Waals surface area contributed by atoms with E-state index >= 15 is 0 Å². The van der Waals surface area contributed by atoms with Gasteiger partial charge in [-0.3, -0.25) is 4.79 Å². The smallest absolute Gasteiger partial charge is 0.475 e. The molecule has 0 spiro atoms. The van der Waals surface area contributed by atoms with Crippen LogP contribution in [0.25, 0.3) is 0 Å². The number of carbonyl (C=O) groups excluding carboxylic acids is 1. The predicted octanol–water partition coefficient (Wildman–Crippen LogP) is -1.03. The lowest BCUT2D eigenvalue weighted by Crippen LogP contribution is -2.51. The number of hydrogen-bond donors (Lipinski definition) is 5. The van der Waals surface area contributed by atoms with Crippen molar-refractivity contribution in [2.24, 2.45) is 5.73 Å². The molecule has 21 heavy (non-hydrogen) atoms. The SMILES string of the molecule is NC(Cc1ccc(O)c(O)c1)C(=O)N1CCCC1B(O)O. The quantitative estimate of drug-likeness (QED) is 0.357. The van der Waals surface area contributed by atoms with Crippen LogP contribution < -0.4 is 5.73 Å². The highest BCUT2D eigenvalue weighted by Crippen LogP contribution is 2.26. The van der Waals surface area contributed by atoms with E-state index in [1.54, 1.807) is 6.07 Å². The van der Waals surface area contributed by atoms with Crippen molar-refractivity contribution in [3.8, 4) is 11.5 Å². The van der Waals surface area contributed by atoms with E-state index in [1.807, 2.05) is 0 Å². The molecule has 8 heteroatoms. The molecule has 1 amide bonds. The van der Waals surface area contributed by atoms with Gasteiger partial charge in [0.15, 0.2) is 11.5 Å². The van der Waals surface area contributed by atoms with Crippen LogP contribution in [0.15, 0.2) is 18.2 Å². The molecule has 0 radical (unpaired) electrons. The predicted molar refractivity (Wildman–Crippen MR) is 76.4 cm³/mol. The van der Waals surface area contributed by atoms with Gasteiger partial charge in [-0.05, 0) is 37.0 Å². The van der Waals surface area contributed by atoms with Gasteiger partial charge < -0.3 is 30.9 Å². The van der Waals surface area contributed by atoms with Crippen LogP contribution in [0.1, 0.15) is 18.4 Å². The van der Waals surface area contributed by atoms with Crippen LogP contribution in [0, 0.1) is 0 Å². The van der Waals surface area contributed by atoms with Gasteiger partial charge in [0.05, 0.1) is 12.0 Å². The van der Waals surface area contributed by atoms with E-state index in [4.69, 9.17) is 5.73 Å². The summed E-state index contributed by atoms with van der Waals surface area (Å²) in [5.41, 5.74) is 6.50. The molecule has 0 aliphatic carbocycles. The summed E-state index contributed by atoms with van der Waals surface area (Å²) >= 11 is 0. The van der Waals surface area contributed by atoms with E-state index in [1.165, 1.54) is 17.0 Å². The Kier molecular flexibility index (Phi) is 4.71. The van der Waals surface area contributed by atoms with Gasteiger partial charge in [-0.2, -0.15) is 0 Å². The number of nitrogens with zero attached hydrogens (tertiary/aromatic N) is 1. The number of amides is 1. The summed E-state index contributed by atoms with van der Waals surface area (Å²) < 4.78 is 0. The highest BCUT2D eigenvalue weighted by molar-refractivity contribution is 6.43. The van der Waals surface area contributed by atoms with E-state index in [9.17, 15) is 25.1 Å². The van der Waals surface area contributed by atoms with Crippen LogP contribution in [0.3, 0.4) is 0 Å². The second kappa shape index (κ2) is 6.34. The Labute approximate surface area is 122 Å². The van der Waals surface area contributed by atoms with Crippen LogP contribution in [0.5, 0.6) is 11.5 Å². The van der Waals surface area contributed by atoms with Gasteiger partial charge in [0.1, 0.15) is 0 Å². The summed E-state index contributed by atoms with van der Waals surface area (Å²) in [4.78, 5) is 13.7. The molecule has 2 atom stereocenters. The summed E-state index contributed by atoms with van der Waals surface area (Å²) in [5.74, 6) is -1.46. The molecule has 0 aromatic heterocycles. The van der Waals surface area contributed by atoms with E-state index in [0.29, 0.717) is 24.9 Å². The van der Waals surface area contributed by atoms with Gasteiger partial charge in [0.25, 0.3) is 0 Å². The minimum atomic E-state index is -1.57. The Morgan fingerprint density at radius 3 is 2.71 bits per heavy atom. The molecule has 1 aromatic carbocycles. The topological polar surface area (TPSA) is 127 Å². The molecule has 0 saturated carbocycles. The number of phenols is 2. The highest BCUT2D eigenvalue weighted by Gasteiger charge is 2.38. The first-order chi connectivity index (χ1) is 9.90. The minimum Gasteiger partial charge on any atom is -0.504 e. The Balaban J connectivity index is 2.03. The van der Waals surface area contributed by atoms with E-state index in [-0.39, 0.29) is 23.8 Å². The van der Waals surface area contributed by atoms with Crippen molar-refractivity contribution < 1.29 is 25.1 Å². The second-order valence-corrected chi connectivity index (χ2v) is 5.29. The maximum Gasteiger partial charge on any atom is 0.475 e. The number of carbonyl (C=O) groups is 1. The lowest BCUT2D eigenvalue weighted by molar-refractivity contribution is -0.132. The normalized spacial score (nSPS) is 19.6. The van der Waals surface area contributed by atoms with Gasteiger partial charge in [0, 0.05) is 6.54 Å². The Bertz CT molecular complexity index is 525. The molecule has 6 N–H and O–H groups in total. The third-order valence-corrected chi connectivity index (χ3v) is 3.74. The number of benzene rings is 1. The van der Waals surface area contributed by atoms with Crippen LogP contribution in [0.2, 0.25) is 0 Å². The van der Waals surface area contributed by atoms with Gasteiger partial charge in [-0.1, -0.05) is 6.07 Å². The average molecular weight is 294 g/mol. The van der Waals surface area contributed by atoms with Crippen LogP contribution >= 0.6 is 0 Å². The van der Waals surface area contributed by atoms with Crippen LogP contribution in [-0.4, -0.2) is 56.7 Å². The first-order valence-corrected chi connectivity index (χ1v) is 6.83. The molecule has 2 unspecified atom stereocenters. The standard InChI is InChI=1S/C13H19BN2O5/c15-9(6-8-3-4-10(17)11(18)7-8)13(19)16-5-1-2-12(16)14(20)21/h3-4,7,9,12,17-18,20-21H,1-2,5-6,15H2. The highest BCUT2D eigenvalue weighted by atomic mass is 16.4. The number of aromatic hydroxyl groups is 2.